The number of amides is 2. The molecule has 154 valence electrons. The van der Waals surface area contributed by atoms with Crippen LogP contribution in [0, 0.1) is 12.8 Å². The Morgan fingerprint density at radius 2 is 2.10 bits per heavy atom. The zero-order valence-corrected chi connectivity index (χ0v) is 17.1. The molecule has 1 N–H and O–H groups in total. The van der Waals surface area contributed by atoms with E-state index in [9.17, 15) is 4.79 Å². The summed E-state index contributed by atoms with van der Waals surface area (Å²) in [5.41, 5.74) is 2.55. The molecule has 2 atom stereocenters. The number of carbonyl (C=O) groups excluding carboxylic acids is 1. The summed E-state index contributed by atoms with van der Waals surface area (Å²) >= 11 is 0. The highest BCUT2D eigenvalue weighted by atomic mass is 16.4. The third kappa shape index (κ3) is 2.61. The van der Waals surface area contributed by atoms with Crippen LogP contribution in [0.1, 0.15) is 20.7 Å². The van der Waals surface area contributed by atoms with Crippen molar-refractivity contribution in [2.45, 2.75) is 25.8 Å². The van der Waals surface area contributed by atoms with Crippen LogP contribution in [0.5, 0.6) is 0 Å². The number of pyridine rings is 1. The van der Waals surface area contributed by atoms with Gasteiger partial charge in [-0.15, -0.1) is 0 Å². The zero-order chi connectivity index (χ0) is 20.5. The van der Waals surface area contributed by atoms with Crippen LogP contribution in [-0.4, -0.2) is 51.0 Å². The van der Waals surface area contributed by atoms with Crippen LogP contribution in [0.25, 0.3) is 22.1 Å². The van der Waals surface area contributed by atoms with Gasteiger partial charge in [-0.05, 0) is 37.1 Å². The Bertz CT molecular complexity index is 1220. The molecule has 2 aromatic heterocycles. The molecule has 2 fully saturated rings. The Hall–Kier alpha value is -3.35. The van der Waals surface area contributed by atoms with Gasteiger partial charge in [-0.2, -0.15) is 0 Å². The fourth-order valence-electron chi connectivity index (χ4n) is 5.07. The Balaban J connectivity index is 0.00000204. The van der Waals surface area contributed by atoms with E-state index < -0.39 is 0 Å². The van der Waals surface area contributed by atoms with Crippen molar-refractivity contribution in [1.82, 2.24) is 19.8 Å². The summed E-state index contributed by atoms with van der Waals surface area (Å²) < 4.78 is 5.64. The molecule has 7 heteroatoms. The Labute approximate surface area is 175 Å². The van der Waals surface area contributed by atoms with Crippen LogP contribution in [0.2, 0.25) is 0 Å². The quantitative estimate of drug-likeness (QED) is 0.692. The average Bonchev–Trinajstić information content (AvgIpc) is 3.16. The molecule has 2 amide bonds. The molecule has 2 aliphatic heterocycles. The molecular formula is C23H25N5O2. The second-order valence-electron chi connectivity index (χ2n) is 8.65. The summed E-state index contributed by atoms with van der Waals surface area (Å²) in [5, 5.41) is 5.00. The lowest BCUT2D eigenvalue weighted by Crippen LogP contribution is -2.55. The van der Waals surface area contributed by atoms with E-state index in [0.29, 0.717) is 17.6 Å². The minimum atomic E-state index is -0.0758. The van der Waals surface area contributed by atoms with Crippen molar-refractivity contribution in [3.05, 3.63) is 54.3 Å². The van der Waals surface area contributed by atoms with Crippen LogP contribution in [0.15, 0.2) is 52.8 Å². The number of aryl methyl sites for hydroxylation is 1. The highest BCUT2D eigenvalue weighted by Gasteiger charge is 2.63. The standard InChI is InChI=1S/C23H23N5O2.H2/c1-14-12-28-6-5-27(13-23(28)9-19(14)23)22(29)26-21-8-18-7-16(3-4-17(18)10-25-21)20-11-24-15(2)30-20;/h3-4,7-8,10-12,19H,5-6,9,13H2,1-2H3,(H,25,26,29);1H. The molecule has 3 aliphatic rings. The molecule has 30 heavy (non-hydrogen) atoms. The lowest BCUT2D eigenvalue weighted by atomic mass is 10.1. The third-order valence-electron chi connectivity index (χ3n) is 6.75. The lowest BCUT2D eigenvalue weighted by Gasteiger charge is -2.40. The maximum atomic E-state index is 12.9. The first-order chi connectivity index (χ1) is 14.5. The number of nitrogens with zero attached hydrogens (tertiary/aromatic N) is 4. The van der Waals surface area contributed by atoms with Gasteiger partial charge in [0.1, 0.15) is 5.82 Å². The molecule has 7 nitrogen and oxygen atoms in total. The number of benzene rings is 1. The van der Waals surface area contributed by atoms with E-state index in [2.05, 4.69) is 33.3 Å². The largest absolute Gasteiger partial charge is 0.441 e. The van der Waals surface area contributed by atoms with Crippen molar-refractivity contribution in [3.63, 3.8) is 0 Å². The molecule has 1 saturated carbocycles. The van der Waals surface area contributed by atoms with E-state index in [1.54, 1.807) is 12.4 Å². The number of hydrogen-bond donors (Lipinski definition) is 1. The van der Waals surface area contributed by atoms with Crippen LogP contribution in [0.4, 0.5) is 10.6 Å². The molecule has 3 aromatic rings. The van der Waals surface area contributed by atoms with E-state index in [1.807, 2.05) is 36.1 Å². The van der Waals surface area contributed by atoms with E-state index in [-0.39, 0.29) is 13.0 Å². The number of anilines is 1. The van der Waals surface area contributed by atoms with Crippen LogP contribution in [-0.2, 0) is 0 Å². The van der Waals surface area contributed by atoms with E-state index >= 15 is 0 Å². The first-order valence-corrected chi connectivity index (χ1v) is 10.4. The molecule has 4 heterocycles. The van der Waals surface area contributed by atoms with Gasteiger partial charge in [0.25, 0.3) is 0 Å². The van der Waals surface area contributed by atoms with Crippen LogP contribution < -0.4 is 5.32 Å². The Kier molecular flexibility index (Phi) is 3.54. The van der Waals surface area contributed by atoms with Gasteiger partial charge < -0.3 is 14.2 Å². The predicted molar refractivity (Wildman–Crippen MR) is 116 cm³/mol. The molecule has 1 spiro atoms. The topological polar surface area (TPSA) is 74.5 Å². The summed E-state index contributed by atoms with van der Waals surface area (Å²) in [4.78, 5) is 25.9. The van der Waals surface area contributed by atoms with Crippen molar-refractivity contribution in [3.8, 4) is 11.3 Å². The fraction of sp³-hybridized carbons (Fsp3) is 0.348. The van der Waals surface area contributed by atoms with E-state index in [0.717, 1.165) is 48.2 Å². The molecule has 0 bridgehead atoms. The molecular weight excluding hydrogens is 378 g/mol. The number of rotatable bonds is 2. The van der Waals surface area contributed by atoms with Gasteiger partial charge >= 0.3 is 6.03 Å². The van der Waals surface area contributed by atoms with Crippen molar-refractivity contribution >= 4 is 22.6 Å². The van der Waals surface area contributed by atoms with Crippen molar-refractivity contribution in [1.29, 1.82) is 0 Å². The van der Waals surface area contributed by atoms with Crippen molar-refractivity contribution < 1.29 is 10.6 Å². The number of carbonyl (C=O) groups is 1. The van der Waals surface area contributed by atoms with Gasteiger partial charge in [-0.3, -0.25) is 5.32 Å². The van der Waals surface area contributed by atoms with Crippen molar-refractivity contribution in [2.24, 2.45) is 5.92 Å². The summed E-state index contributed by atoms with van der Waals surface area (Å²) in [7, 11) is 0. The second-order valence-corrected chi connectivity index (χ2v) is 8.65. The number of hydrogen-bond acceptors (Lipinski definition) is 5. The maximum Gasteiger partial charge on any atom is 0.323 e. The first kappa shape index (κ1) is 17.5. The highest BCUT2D eigenvalue weighted by molar-refractivity contribution is 5.93. The number of aromatic nitrogens is 2. The molecule has 1 aromatic carbocycles. The molecule has 1 aliphatic carbocycles. The minimum absolute atomic E-state index is 0. The SMILES string of the molecule is CC1=CN2CCN(C(=O)Nc3cc4cc(-c5cnc(C)o5)ccc4cn3)CC23CC13.[HH]. The smallest absolute Gasteiger partial charge is 0.323 e. The van der Waals surface area contributed by atoms with Gasteiger partial charge in [0, 0.05) is 51.0 Å². The highest BCUT2D eigenvalue weighted by Crippen LogP contribution is 2.58. The van der Waals surface area contributed by atoms with Crippen molar-refractivity contribution in [2.75, 3.05) is 25.0 Å². The van der Waals surface area contributed by atoms with Gasteiger partial charge in [0.2, 0.25) is 0 Å². The predicted octanol–water partition coefficient (Wildman–Crippen LogP) is 4.27. The van der Waals surface area contributed by atoms with Crippen LogP contribution >= 0.6 is 0 Å². The third-order valence-corrected chi connectivity index (χ3v) is 6.75. The number of nitrogens with one attached hydrogen (secondary N) is 1. The Morgan fingerprint density at radius 3 is 2.90 bits per heavy atom. The summed E-state index contributed by atoms with van der Waals surface area (Å²) in [6, 6.07) is 7.86. The van der Waals surface area contributed by atoms with Gasteiger partial charge in [0.05, 0.1) is 11.7 Å². The lowest BCUT2D eigenvalue weighted by molar-refractivity contribution is 0.119. The molecule has 2 unspecified atom stereocenters. The number of fused-ring (bicyclic) bond motifs is 1. The maximum absolute atomic E-state index is 12.9. The Morgan fingerprint density at radius 1 is 1.20 bits per heavy atom. The van der Waals surface area contributed by atoms with E-state index in [1.165, 1.54) is 5.57 Å². The molecule has 0 radical (unpaired) electrons. The zero-order valence-electron chi connectivity index (χ0n) is 17.1. The van der Waals surface area contributed by atoms with Gasteiger partial charge in [0.15, 0.2) is 11.7 Å². The van der Waals surface area contributed by atoms with E-state index in [4.69, 9.17) is 4.42 Å². The summed E-state index contributed by atoms with van der Waals surface area (Å²) in [6.45, 7) is 6.43. The summed E-state index contributed by atoms with van der Waals surface area (Å²) in [6.07, 6.45) is 6.96. The second kappa shape index (κ2) is 6.08. The normalized spacial score (nSPS) is 24.5. The van der Waals surface area contributed by atoms with Gasteiger partial charge in [-0.25, -0.2) is 14.8 Å². The number of urea groups is 1. The number of oxazole rings is 1. The molecule has 6 rings (SSSR count). The van der Waals surface area contributed by atoms with Gasteiger partial charge in [-0.1, -0.05) is 17.7 Å². The van der Waals surface area contributed by atoms with Crippen LogP contribution in [0.3, 0.4) is 0 Å². The summed E-state index contributed by atoms with van der Waals surface area (Å²) in [5.74, 6) is 2.54. The minimum Gasteiger partial charge on any atom is -0.441 e. The fourth-order valence-corrected chi connectivity index (χ4v) is 5.07. The monoisotopic (exact) mass is 403 g/mol. The average molecular weight is 403 g/mol. The molecule has 1 saturated heterocycles. The number of piperazine rings is 1. The first-order valence-electron chi connectivity index (χ1n) is 10.4.